The monoisotopic (exact) mass is 402 g/mol. The fourth-order valence-electron chi connectivity index (χ4n) is 2.97. The molecule has 7 heteroatoms. The van der Waals surface area contributed by atoms with Crippen molar-refractivity contribution in [1.29, 1.82) is 0 Å². The van der Waals surface area contributed by atoms with Gasteiger partial charge >= 0.3 is 0 Å². The zero-order valence-corrected chi connectivity index (χ0v) is 16.5. The Morgan fingerprint density at radius 3 is 2.61 bits per heavy atom. The molecule has 0 spiro atoms. The highest BCUT2D eigenvalue weighted by Gasteiger charge is 2.15. The zero-order valence-electron chi connectivity index (χ0n) is 15.7. The molecule has 148 valence electrons. The number of thioether (sulfide) groups is 1. The van der Waals surface area contributed by atoms with Gasteiger partial charge in [-0.25, -0.2) is 4.39 Å². The zero-order chi connectivity index (χ0) is 19.9. The quantitative estimate of drug-likeness (QED) is 0.749. The lowest BCUT2D eigenvalue weighted by atomic mass is 10.1. The van der Waals surface area contributed by atoms with E-state index in [4.69, 9.17) is 4.74 Å². The number of rotatable bonds is 6. The highest BCUT2D eigenvalue weighted by atomic mass is 32.2. The van der Waals surface area contributed by atoms with E-state index in [-0.39, 0.29) is 11.5 Å². The van der Waals surface area contributed by atoms with Crippen molar-refractivity contribution in [2.75, 3.05) is 23.8 Å². The number of carbonyl (C=O) groups is 2. The maximum absolute atomic E-state index is 14.1. The standard InChI is InChI=1S/C21H23FN2O3S/c1-14(25)23-17-5-6-20(22)19(12-17)21(26)24-16-4-2-3-15(11-16)13-28-18-7-9-27-10-8-18/h2-6,11-12,18H,7-10,13H2,1H3,(H,23,25)(H,24,26). The number of halogens is 1. The summed E-state index contributed by atoms with van der Waals surface area (Å²) in [5.41, 5.74) is 1.97. The van der Waals surface area contributed by atoms with E-state index in [2.05, 4.69) is 10.6 Å². The van der Waals surface area contributed by atoms with Gasteiger partial charge in [0.15, 0.2) is 0 Å². The van der Waals surface area contributed by atoms with Crippen LogP contribution in [0.25, 0.3) is 0 Å². The second-order valence-corrected chi connectivity index (χ2v) is 7.94. The van der Waals surface area contributed by atoms with Gasteiger partial charge in [-0.1, -0.05) is 12.1 Å². The van der Waals surface area contributed by atoms with Gasteiger partial charge in [-0.3, -0.25) is 9.59 Å². The van der Waals surface area contributed by atoms with Crippen LogP contribution in [-0.4, -0.2) is 30.3 Å². The molecule has 0 atom stereocenters. The Balaban J connectivity index is 1.64. The lowest BCUT2D eigenvalue weighted by Gasteiger charge is -2.21. The van der Waals surface area contributed by atoms with Crippen LogP contribution >= 0.6 is 11.8 Å². The molecule has 2 aromatic rings. The fourth-order valence-corrected chi connectivity index (χ4v) is 4.11. The Morgan fingerprint density at radius 2 is 1.86 bits per heavy atom. The summed E-state index contributed by atoms with van der Waals surface area (Å²) in [6, 6.07) is 11.5. The van der Waals surface area contributed by atoms with Crippen molar-refractivity contribution in [1.82, 2.24) is 0 Å². The lowest BCUT2D eigenvalue weighted by Crippen LogP contribution is -2.17. The molecule has 0 saturated carbocycles. The summed E-state index contributed by atoms with van der Waals surface area (Å²) in [5.74, 6) is -0.634. The molecule has 2 amide bonds. The van der Waals surface area contributed by atoms with Gasteiger partial charge in [-0.15, -0.1) is 0 Å². The first-order valence-corrected chi connectivity index (χ1v) is 10.2. The number of hydrogen-bond acceptors (Lipinski definition) is 4. The second kappa shape index (κ2) is 9.71. The third kappa shape index (κ3) is 5.81. The maximum Gasteiger partial charge on any atom is 0.258 e. The van der Waals surface area contributed by atoms with Crippen LogP contribution in [0.5, 0.6) is 0 Å². The summed E-state index contributed by atoms with van der Waals surface area (Å²) in [6.07, 6.45) is 2.12. The summed E-state index contributed by atoms with van der Waals surface area (Å²) < 4.78 is 19.5. The Hall–Kier alpha value is -2.38. The van der Waals surface area contributed by atoms with Crippen molar-refractivity contribution in [2.45, 2.75) is 30.8 Å². The van der Waals surface area contributed by atoms with E-state index in [0.717, 1.165) is 37.4 Å². The summed E-state index contributed by atoms with van der Waals surface area (Å²) in [6.45, 7) is 2.99. The van der Waals surface area contributed by atoms with Crippen LogP contribution in [0.1, 0.15) is 35.7 Å². The van der Waals surface area contributed by atoms with Crippen molar-refractivity contribution < 1.29 is 18.7 Å². The summed E-state index contributed by atoms with van der Waals surface area (Å²) in [7, 11) is 0. The number of hydrogen-bond donors (Lipinski definition) is 2. The van der Waals surface area contributed by atoms with Crippen molar-refractivity contribution in [3.63, 3.8) is 0 Å². The number of benzene rings is 2. The Morgan fingerprint density at radius 1 is 1.11 bits per heavy atom. The van der Waals surface area contributed by atoms with Crippen LogP contribution in [0, 0.1) is 5.82 Å². The van der Waals surface area contributed by atoms with Crippen molar-refractivity contribution in [3.05, 3.63) is 59.4 Å². The first kappa shape index (κ1) is 20.4. The van der Waals surface area contributed by atoms with E-state index < -0.39 is 11.7 Å². The molecule has 0 bridgehead atoms. The minimum Gasteiger partial charge on any atom is -0.381 e. The van der Waals surface area contributed by atoms with Crippen LogP contribution in [0.2, 0.25) is 0 Å². The lowest BCUT2D eigenvalue weighted by molar-refractivity contribution is -0.114. The highest BCUT2D eigenvalue weighted by Crippen LogP contribution is 2.26. The van der Waals surface area contributed by atoms with E-state index in [0.29, 0.717) is 16.6 Å². The molecular weight excluding hydrogens is 379 g/mol. The average molecular weight is 402 g/mol. The number of nitrogens with one attached hydrogen (secondary N) is 2. The Bertz CT molecular complexity index is 853. The van der Waals surface area contributed by atoms with Crippen LogP contribution < -0.4 is 10.6 Å². The molecule has 0 unspecified atom stereocenters. The van der Waals surface area contributed by atoms with Gasteiger partial charge in [0.05, 0.1) is 5.56 Å². The van der Waals surface area contributed by atoms with Gasteiger partial charge in [-0.2, -0.15) is 11.8 Å². The molecule has 1 saturated heterocycles. The second-order valence-electron chi connectivity index (χ2n) is 6.65. The first-order chi connectivity index (χ1) is 13.5. The minimum atomic E-state index is -0.641. The smallest absolute Gasteiger partial charge is 0.258 e. The summed E-state index contributed by atoms with van der Waals surface area (Å²) in [4.78, 5) is 23.7. The predicted molar refractivity (Wildman–Crippen MR) is 110 cm³/mol. The maximum atomic E-state index is 14.1. The molecular formula is C21H23FN2O3S. The molecule has 1 aliphatic heterocycles. The average Bonchev–Trinajstić information content (AvgIpc) is 2.68. The third-order valence-electron chi connectivity index (χ3n) is 4.37. The molecule has 2 aromatic carbocycles. The molecule has 28 heavy (non-hydrogen) atoms. The Labute approximate surface area is 168 Å². The van der Waals surface area contributed by atoms with Gasteiger partial charge in [0.1, 0.15) is 5.82 Å². The minimum absolute atomic E-state index is 0.117. The van der Waals surface area contributed by atoms with Crippen LogP contribution in [-0.2, 0) is 15.3 Å². The molecule has 1 aliphatic rings. The van der Waals surface area contributed by atoms with E-state index in [9.17, 15) is 14.0 Å². The van der Waals surface area contributed by atoms with Crippen LogP contribution in [0.15, 0.2) is 42.5 Å². The molecule has 1 fully saturated rings. The topological polar surface area (TPSA) is 67.4 Å². The number of amides is 2. The molecule has 0 aromatic heterocycles. The number of ether oxygens (including phenoxy) is 1. The first-order valence-electron chi connectivity index (χ1n) is 9.18. The van der Waals surface area contributed by atoms with Gasteiger partial charge in [0.25, 0.3) is 5.91 Å². The fraction of sp³-hybridized carbons (Fsp3) is 0.333. The van der Waals surface area contributed by atoms with Gasteiger partial charge < -0.3 is 15.4 Å². The van der Waals surface area contributed by atoms with Crippen molar-refractivity contribution in [2.24, 2.45) is 0 Å². The van der Waals surface area contributed by atoms with Crippen LogP contribution in [0.3, 0.4) is 0 Å². The van der Waals surface area contributed by atoms with E-state index in [1.165, 1.54) is 25.1 Å². The summed E-state index contributed by atoms with van der Waals surface area (Å²) >= 11 is 1.89. The molecule has 2 N–H and O–H groups in total. The number of carbonyl (C=O) groups excluding carboxylic acids is 2. The Kier molecular flexibility index (Phi) is 7.06. The van der Waals surface area contributed by atoms with E-state index in [1.54, 1.807) is 6.07 Å². The van der Waals surface area contributed by atoms with Crippen molar-refractivity contribution in [3.8, 4) is 0 Å². The van der Waals surface area contributed by atoms with Gasteiger partial charge in [0, 0.05) is 42.5 Å². The van der Waals surface area contributed by atoms with E-state index >= 15 is 0 Å². The molecule has 3 rings (SSSR count). The normalized spacial score (nSPS) is 14.5. The van der Waals surface area contributed by atoms with Gasteiger partial charge in [0.2, 0.25) is 5.91 Å². The van der Waals surface area contributed by atoms with E-state index in [1.807, 2.05) is 30.0 Å². The highest BCUT2D eigenvalue weighted by molar-refractivity contribution is 7.99. The van der Waals surface area contributed by atoms with Gasteiger partial charge in [-0.05, 0) is 48.7 Å². The molecule has 0 aliphatic carbocycles. The van der Waals surface area contributed by atoms with Crippen molar-refractivity contribution >= 4 is 35.0 Å². The van der Waals surface area contributed by atoms with Crippen LogP contribution in [0.4, 0.5) is 15.8 Å². The predicted octanol–water partition coefficient (Wildman–Crippen LogP) is 4.45. The molecule has 5 nitrogen and oxygen atoms in total. The SMILES string of the molecule is CC(=O)Nc1ccc(F)c(C(=O)Nc2cccc(CSC3CCOCC3)c2)c1. The molecule has 1 heterocycles. The number of anilines is 2. The molecule has 0 radical (unpaired) electrons. The largest absolute Gasteiger partial charge is 0.381 e. The summed E-state index contributed by atoms with van der Waals surface area (Å²) in [5, 5.41) is 5.88. The third-order valence-corrected chi connectivity index (χ3v) is 5.81.